The number of amides is 2. The van der Waals surface area contributed by atoms with Crippen LogP contribution in [0.25, 0.3) is 0 Å². The molecule has 2 N–H and O–H groups in total. The van der Waals surface area contributed by atoms with Gasteiger partial charge in [0, 0.05) is 25.8 Å². The number of nitrogens with one attached hydrogen (secondary N) is 2. The zero-order valence-electron chi connectivity index (χ0n) is 13.0. The molecule has 0 spiro atoms. The first-order valence-corrected chi connectivity index (χ1v) is 7.58. The Bertz CT molecular complexity index is 556. The van der Waals surface area contributed by atoms with Gasteiger partial charge in [0.25, 0.3) is 0 Å². The van der Waals surface area contributed by atoms with Gasteiger partial charge in [0.2, 0.25) is 0 Å². The van der Waals surface area contributed by atoms with Crippen molar-refractivity contribution in [1.82, 2.24) is 5.32 Å². The van der Waals surface area contributed by atoms with Gasteiger partial charge in [-0.25, -0.2) is 4.39 Å². The largest absolute Gasteiger partial charge is 0.369 e. The molecule has 0 aliphatic heterocycles. The molecule has 1 aliphatic carbocycles. The van der Waals surface area contributed by atoms with Crippen LogP contribution in [-0.2, 0) is 9.59 Å². The fourth-order valence-corrected chi connectivity index (χ4v) is 2.84. The lowest BCUT2D eigenvalue weighted by Crippen LogP contribution is -2.34. The van der Waals surface area contributed by atoms with E-state index in [-0.39, 0.29) is 5.69 Å². The molecule has 6 heteroatoms. The molecule has 2 rings (SSSR count). The van der Waals surface area contributed by atoms with Crippen LogP contribution in [0.2, 0.25) is 0 Å². The zero-order valence-corrected chi connectivity index (χ0v) is 13.0. The summed E-state index contributed by atoms with van der Waals surface area (Å²) in [5.74, 6) is -1.97. The molecule has 0 aromatic heterocycles. The Labute approximate surface area is 129 Å². The van der Waals surface area contributed by atoms with E-state index >= 15 is 0 Å². The molecule has 1 saturated carbocycles. The Morgan fingerprint density at radius 2 is 1.86 bits per heavy atom. The molecular weight excluding hydrogens is 285 g/mol. The SMILES string of the molecule is CNC(=O)C(=O)Nc1ccc(N(C)C2CCCCC2)c(F)c1. The van der Waals surface area contributed by atoms with E-state index in [0.717, 1.165) is 12.8 Å². The third-order valence-electron chi connectivity index (χ3n) is 4.14. The molecule has 1 aliphatic rings. The van der Waals surface area contributed by atoms with Crippen LogP contribution in [0.15, 0.2) is 18.2 Å². The van der Waals surface area contributed by atoms with Crippen molar-refractivity contribution in [2.75, 3.05) is 24.3 Å². The van der Waals surface area contributed by atoms with Crippen molar-refractivity contribution in [3.8, 4) is 0 Å². The minimum Gasteiger partial charge on any atom is -0.369 e. The Morgan fingerprint density at radius 3 is 2.45 bits per heavy atom. The first-order chi connectivity index (χ1) is 10.5. The van der Waals surface area contributed by atoms with Crippen LogP contribution in [0.4, 0.5) is 15.8 Å². The summed E-state index contributed by atoms with van der Waals surface area (Å²) in [7, 11) is 3.27. The normalized spacial score (nSPS) is 15.2. The van der Waals surface area contributed by atoms with Crippen molar-refractivity contribution in [2.45, 2.75) is 38.1 Å². The van der Waals surface area contributed by atoms with Crippen LogP contribution in [0.3, 0.4) is 0 Å². The van der Waals surface area contributed by atoms with Gasteiger partial charge < -0.3 is 15.5 Å². The fraction of sp³-hybridized carbons (Fsp3) is 0.500. The predicted molar refractivity (Wildman–Crippen MR) is 84.4 cm³/mol. The fourth-order valence-electron chi connectivity index (χ4n) is 2.84. The number of hydrogen-bond donors (Lipinski definition) is 2. The zero-order chi connectivity index (χ0) is 16.1. The van der Waals surface area contributed by atoms with Gasteiger partial charge >= 0.3 is 11.8 Å². The monoisotopic (exact) mass is 307 g/mol. The van der Waals surface area contributed by atoms with Crippen molar-refractivity contribution >= 4 is 23.2 Å². The minimum atomic E-state index is -0.810. The van der Waals surface area contributed by atoms with E-state index in [4.69, 9.17) is 0 Å². The third-order valence-corrected chi connectivity index (χ3v) is 4.14. The first kappa shape index (κ1) is 16.3. The van der Waals surface area contributed by atoms with E-state index in [1.807, 2.05) is 11.9 Å². The average Bonchev–Trinajstić information content (AvgIpc) is 2.54. The molecule has 2 amide bonds. The Hall–Kier alpha value is -2.11. The van der Waals surface area contributed by atoms with E-state index in [0.29, 0.717) is 11.7 Å². The molecule has 1 aromatic carbocycles. The maximum absolute atomic E-state index is 14.3. The third kappa shape index (κ3) is 3.75. The molecule has 1 aromatic rings. The lowest BCUT2D eigenvalue weighted by atomic mass is 9.94. The van der Waals surface area contributed by atoms with Gasteiger partial charge in [-0.3, -0.25) is 9.59 Å². The Balaban J connectivity index is 2.08. The first-order valence-electron chi connectivity index (χ1n) is 7.58. The van der Waals surface area contributed by atoms with Gasteiger partial charge in [-0.15, -0.1) is 0 Å². The maximum Gasteiger partial charge on any atom is 0.313 e. The molecule has 0 unspecified atom stereocenters. The highest BCUT2D eigenvalue weighted by Crippen LogP contribution is 2.29. The molecule has 0 heterocycles. The average molecular weight is 307 g/mol. The lowest BCUT2D eigenvalue weighted by Gasteiger charge is -2.33. The van der Waals surface area contributed by atoms with Gasteiger partial charge in [0.15, 0.2) is 0 Å². The number of benzene rings is 1. The summed E-state index contributed by atoms with van der Waals surface area (Å²) in [5, 5.41) is 4.59. The van der Waals surface area contributed by atoms with Crippen LogP contribution >= 0.6 is 0 Å². The molecule has 22 heavy (non-hydrogen) atoms. The number of carbonyl (C=O) groups excluding carboxylic acids is 2. The van der Waals surface area contributed by atoms with Crippen molar-refractivity contribution in [3.63, 3.8) is 0 Å². The van der Waals surface area contributed by atoms with E-state index in [9.17, 15) is 14.0 Å². The molecule has 120 valence electrons. The van der Waals surface area contributed by atoms with E-state index in [1.165, 1.54) is 32.4 Å². The second kappa shape index (κ2) is 7.24. The highest BCUT2D eigenvalue weighted by molar-refractivity contribution is 6.39. The number of carbonyl (C=O) groups is 2. The van der Waals surface area contributed by atoms with Crippen LogP contribution in [0.1, 0.15) is 32.1 Å². The van der Waals surface area contributed by atoms with Gasteiger partial charge in [-0.2, -0.15) is 0 Å². The predicted octanol–water partition coefficient (Wildman–Crippen LogP) is 2.28. The van der Waals surface area contributed by atoms with E-state index < -0.39 is 17.6 Å². The molecule has 1 fully saturated rings. The van der Waals surface area contributed by atoms with Crippen LogP contribution in [0, 0.1) is 5.82 Å². The minimum absolute atomic E-state index is 0.270. The molecule has 5 nitrogen and oxygen atoms in total. The van der Waals surface area contributed by atoms with Gasteiger partial charge in [-0.1, -0.05) is 19.3 Å². The molecule has 0 atom stereocenters. The number of nitrogens with zero attached hydrogens (tertiary/aromatic N) is 1. The quantitative estimate of drug-likeness (QED) is 0.842. The summed E-state index contributed by atoms with van der Waals surface area (Å²) in [6.07, 6.45) is 5.75. The summed E-state index contributed by atoms with van der Waals surface area (Å²) in [4.78, 5) is 24.6. The van der Waals surface area contributed by atoms with Crippen molar-refractivity contribution in [3.05, 3.63) is 24.0 Å². The standard InChI is InChI=1S/C16H22FN3O2/c1-18-15(21)16(22)19-11-8-9-14(13(17)10-11)20(2)12-6-4-3-5-7-12/h8-10,12H,3-7H2,1-2H3,(H,18,21)(H,19,22). The van der Waals surface area contributed by atoms with Crippen molar-refractivity contribution in [1.29, 1.82) is 0 Å². The Kier molecular flexibility index (Phi) is 5.35. The summed E-state index contributed by atoms with van der Waals surface area (Å²) in [5.41, 5.74) is 0.789. The maximum atomic E-state index is 14.3. The van der Waals surface area contributed by atoms with E-state index in [1.54, 1.807) is 12.1 Å². The van der Waals surface area contributed by atoms with Crippen LogP contribution in [-0.4, -0.2) is 32.0 Å². The van der Waals surface area contributed by atoms with Crippen LogP contribution in [0.5, 0.6) is 0 Å². The molecule has 0 saturated heterocycles. The summed E-state index contributed by atoms with van der Waals surface area (Å²) >= 11 is 0. The van der Waals surface area contributed by atoms with Gasteiger partial charge in [-0.05, 0) is 31.0 Å². The number of rotatable bonds is 3. The summed E-state index contributed by atoms with van der Waals surface area (Å²) in [6, 6.07) is 4.85. The smallest absolute Gasteiger partial charge is 0.313 e. The topological polar surface area (TPSA) is 61.4 Å². The molecular formula is C16H22FN3O2. The van der Waals surface area contributed by atoms with E-state index in [2.05, 4.69) is 10.6 Å². The Morgan fingerprint density at radius 1 is 1.18 bits per heavy atom. The second-order valence-electron chi connectivity index (χ2n) is 5.60. The number of hydrogen-bond acceptors (Lipinski definition) is 3. The molecule has 0 bridgehead atoms. The summed E-state index contributed by atoms with van der Waals surface area (Å²) < 4.78 is 14.3. The number of anilines is 2. The molecule has 0 radical (unpaired) electrons. The van der Waals surface area contributed by atoms with Crippen molar-refractivity contribution < 1.29 is 14.0 Å². The highest BCUT2D eigenvalue weighted by Gasteiger charge is 2.21. The lowest BCUT2D eigenvalue weighted by molar-refractivity contribution is -0.135. The second-order valence-corrected chi connectivity index (χ2v) is 5.60. The van der Waals surface area contributed by atoms with Crippen molar-refractivity contribution in [2.24, 2.45) is 0 Å². The summed E-state index contributed by atoms with van der Waals surface area (Å²) in [6.45, 7) is 0. The number of halogens is 1. The number of likely N-dealkylation sites (N-methyl/N-ethyl adjacent to an activating group) is 1. The highest BCUT2D eigenvalue weighted by atomic mass is 19.1. The van der Waals surface area contributed by atoms with Gasteiger partial charge in [0.05, 0.1) is 5.69 Å². The van der Waals surface area contributed by atoms with Gasteiger partial charge in [0.1, 0.15) is 5.82 Å². The van der Waals surface area contributed by atoms with Crippen LogP contribution < -0.4 is 15.5 Å².